The Labute approximate surface area is 104 Å². The van der Waals surface area contributed by atoms with Crippen LogP contribution < -0.4 is 0 Å². The van der Waals surface area contributed by atoms with Gasteiger partial charge in [-0.1, -0.05) is 15.9 Å². The Bertz CT molecular complexity index is 377. The van der Waals surface area contributed by atoms with Crippen LogP contribution in [0.1, 0.15) is 23.3 Å². The van der Waals surface area contributed by atoms with Gasteiger partial charge in [-0.15, -0.1) is 0 Å². The number of carbonyl (C=O) groups is 1. The van der Waals surface area contributed by atoms with E-state index in [0.29, 0.717) is 11.6 Å². The number of amides is 1. The lowest BCUT2D eigenvalue weighted by Crippen LogP contribution is -2.40. The molecule has 0 N–H and O–H groups in total. The van der Waals surface area contributed by atoms with Crippen LogP contribution in [-0.4, -0.2) is 39.0 Å². The fourth-order valence-corrected chi connectivity index (χ4v) is 2.60. The molecule has 0 bridgehead atoms. The molecule has 0 aromatic carbocycles. The fraction of sp³-hybridized carbons (Fsp3) is 0.636. The van der Waals surface area contributed by atoms with Crippen molar-refractivity contribution in [2.75, 3.05) is 18.4 Å². The third-order valence-corrected chi connectivity index (χ3v) is 3.87. The van der Waals surface area contributed by atoms with Gasteiger partial charge in [0.2, 0.25) is 0 Å². The van der Waals surface area contributed by atoms with Crippen LogP contribution in [0, 0.1) is 5.92 Å². The highest BCUT2D eigenvalue weighted by molar-refractivity contribution is 9.09. The Kier molecular flexibility index (Phi) is 3.63. The molecule has 0 radical (unpaired) electrons. The van der Waals surface area contributed by atoms with Crippen LogP contribution in [0.2, 0.25) is 0 Å². The summed E-state index contributed by atoms with van der Waals surface area (Å²) in [6.45, 7) is 1.71. The van der Waals surface area contributed by atoms with Gasteiger partial charge in [-0.3, -0.25) is 9.48 Å². The molecule has 1 aromatic heterocycles. The highest BCUT2D eigenvalue weighted by Crippen LogP contribution is 2.19. The third kappa shape index (κ3) is 2.45. The van der Waals surface area contributed by atoms with Crippen molar-refractivity contribution < 1.29 is 4.79 Å². The zero-order chi connectivity index (χ0) is 11.5. The van der Waals surface area contributed by atoms with Gasteiger partial charge in [0.05, 0.1) is 0 Å². The van der Waals surface area contributed by atoms with Crippen molar-refractivity contribution in [2.24, 2.45) is 13.0 Å². The van der Waals surface area contributed by atoms with E-state index in [-0.39, 0.29) is 5.91 Å². The van der Waals surface area contributed by atoms with Crippen LogP contribution in [0.5, 0.6) is 0 Å². The van der Waals surface area contributed by atoms with E-state index < -0.39 is 0 Å². The van der Waals surface area contributed by atoms with Gasteiger partial charge in [-0.25, -0.2) is 0 Å². The molecule has 4 nitrogen and oxygen atoms in total. The van der Waals surface area contributed by atoms with E-state index >= 15 is 0 Å². The number of hydrogen-bond donors (Lipinski definition) is 0. The molecule has 0 saturated carbocycles. The number of hydrogen-bond acceptors (Lipinski definition) is 2. The zero-order valence-corrected chi connectivity index (χ0v) is 11.0. The smallest absolute Gasteiger partial charge is 0.274 e. The first-order valence-corrected chi connectivity index (χ1v) is 6.67. The van der Waals surface area contributed by atoms with Crippen molar-refractivity contribution in [3.8, 4) is 0 Å². The molecule has 1 fully saturated rings. The average Bonchev–Trinajstić information content (AvgIpc) is 2.75. The third-order valence-electron chi connectivity index (χ3n) is 2.96. The molecular formula is C11H16BrN3O. The summed E-state index contributed by atoms with van der Waals surface area (Å²) in [5, 5.41) is 5.12. The summed E-state index contributed by atoms with van der Waals surface area (Å²) in [5.74, 6) is 0.646. The Morgan fingerprint density at radius 3 is 3.12 bits per heavy atom. The number of likely N-dealkylation sites (tertiary alicyclic amines) is 1. The topological polar surface area (TPSA) is 38.1 Å². The summed E-state index contributed by atoms with van der Waals surface area (Å²) < 4.78 is 1.67. The molecule has 1 aliphatic heterocycles. The van der Waals surface area contributed by atoms with Crippen LogP contribution in [-0.2, 0) is 7.05 Å². The van der Waals surface area contributed by atoms with Gasteiger partial charge in [0.1, 0.15) is 5.69 Å². The summed E-state index contributed by atoms with van der Waals surface area (Å²) in [5.41, 5.74) is 0.553. The lowest BCUT2D eigenvalue weighted by atomic mass is 10.00. The Balaban J connectivity index is 2.04. The Hall–Kier alpha value is -0.840. The first kappa shape index (κ1) is 11.6. The number of nitrogens with zero attached hydrogens (tertiary/aromatic N) is 3. The van der Waals surface area contributed by atoms with Crippen molar-refractivity contribution in [3.63, 3.8) is 0 Å². The predicted molar refractivity (Wildman–Crippen MR) is 65.6 cm³/mol. The number of aromatic nitrogens is 2. The van der Waals surface area contributed by atoms with E-state index in [1.165, 1.54) is 6.42 Å². The minimum Gasteiger partial charge on any atom is -0.337 e. The van der Waals surface area contributed by atoms with Gasteiger partial charge in [-0.2, -0.15) is 5.10 Å². The molecule has 0 aliphatic carbocycles. The lowest BCUT2D eigenvalue weighted by molar-refractivity contribution is 0.0679. The Morgan fingerprint density at radius 1 is 1.69 bits per heavy atom. The second-order valence-corrected chi connectivity index (χ2v) is 4.94. The number of halogens is 1. The van der Waals surface area contributed by atoms with Crippen molar-refractivity contribution in [1.82, 2.24) is 14.7 Å². The second kappa shape index (κ2) is 4.99. The molecule has 1 saturated heterocycles. The highest BCUT2D eigenvalue weighted by Gasteiger charge is 2.24. The summed E-state index contributed by atoms with van der Waals surface area (Å²) in [4.78, 5) is 14.0. The van der Waals surface area contributed by atoms with Gasteiger partial charge in [-0.05, 0) is 24.8 Å². The summed E-state index contributed by atoms with van der Waals surface area (Å²) in [6.07, 6.45) is 4.10. The number of carbonyl (C=O) groups excluding carboxylic acids is 1. The number of aryl methyl sites for hydroxylation is 1. The van der Waals surface area contributed by atoms with Gasteiger partial charge in [0, 0.05) is 31.7 Å². The van der Waals surface area contributed by atoms with Crippen LogP contribution in [0.4, 0.5) is 0 Å². The van der Waals surface area contributed by atoms with Crippen molar-refractivity contribution >= 4 is 21.8 Å². The van der Waals surface area contributed by atoms with E-state index in [1.54, 1.807) is 16.9 Å². The molecule has 2 heterocycles. The molecule has 1 atom stereocenters. The zero-order valence-electron chi connectivity index (χ0n) is 9.40. The molecule has 1 aliphatic rings. The van der Waals surface area contributed by atoms with Crippen molar-refractivity contribution in [3.05, 3.63) is 18.0 Å². The van der Waals surface area contributed by atoms with E-state index in [4.69, 9.17) is 0 Å². The molecule has 1 aromatic rings. The molecular weight excluding hydrogens is 270 g/mol. The van der Waals surface area contributed by atoms with Crippen molar-refractivity contribution in [1.29, 1.82) is 0 Å². The van der Waals surface area contributed by atoms with Gasteiger partial charge >= 0.3 is 0 Å². The Morgan fingerprint density at radius 2 is 2.50 bits per heavy atom. The van der Waals surface area contributed by atoms with Gasteiger partial charge in [0.25, 0.3) is 5.91 Å². The molecule has 16 heavy (non-hydrogen) atoms. The van der Waals surface area contributed by atoms with Crippen LogP contribution in [0.25, 0.3) is 0 Å². The van der Waals surface area contributed by atoms with Gasteiger partial charge in [0.15, 0.2) is 0 Å². The SMILES string of the molecule is Cn1ccc(C(=O)N2CCCC(CBr)C2)n1. The number of alkyl halides is 1. The van der Waals surface area contributed by atoms with Crippen molar-refractivity contribution in [2.45, 2.75) is 12.8 Å². The maximum atomic E-state index is 12.1. The summed E-state index contributed by atoms with van der Waals surface area (Å²) in [6, 6.07) is 1.78. The first-order valence-electron chi connectivity index (χ1n) is 5.55. The molecule has 88 valence electrons. The van der Waals surface area contributed by atoms with Crippen LogP contribution in [0.15, 0.2) is 12.3 Å². The second-order valence-electron chi connectivity index (χ2n) is 4.29. The molecule has 1 unspecified atom stereocenters. The largest absolute Gasteiger partial charge is 0.337 e. The average molecular weight is 286 g/mol. The summed E-state index contributed by atoms with van der Waals surface area (Å²) in [7, 11) is 1.83. The quantitative estimate of drug-likeness (QED) is 0.776. The highest BCUT2D eigenvalue weighted by atomic mass is 79.9. The normalized spacial score (nSPS) is 21.1. The first-order chi connectivity index (χ1) is 7.70. The molecule has 5 heteroatoms. The van der Waals surface area contributed by atoms with E-state index in [0.717, 1.165) is 24.8 Å². The minimum atomic E-state index is 0.0613. The van der Waals surface area contributed by atoms with E-state index in [9.17, 15) is 4.79 Å². The van der Waals surface area contributed by atoms with E-state index in [2.05, 4.69) is 21.0 Å². The fourth-order valence-electron chi connectivity index (χ4n) is 2.07. The number of piperidine rings is 1. The van der Waals surface area contributed by atoms with Crippen LogP contribution in [0.3, 0.4) is 0 Å². The van der Waals surface area contributed by atoms with Crippen LogP contribution >= 0.6 is 15.9 Å². The van der Waals surface area contributed by atoms with Gasteiger partial charge < -0.3 is 4.90 Å². The maximum absolute atomic E-state index is 12.1. The van der Waals surface area contributed by atoms with E-state index in [1.807, 2.05) is 11.9 Å². The maximum Gasteiger partial charge on any atom is 0.274 e. The molecule has 0 spiro atoms. The monoisotopic (exact) mass is 285 g/mol. The number of rotatable bonds is 2. The summed E-state index contributed by atoms with van der Waals surface area (Å²) >= 11 is 3.49. The molecule has 2 rings (SSSR count). The minimum absolute atomic E-state index is 0.0613. The molecule has 1 amide bonds. The lowest BCUT2D eigenvalue weighted by Gasteiger charge is -2.31. The standard InChI is InChI=1S/C11H16BrN3O/c1-14-6-4-10(13-14)11(16)15-5-2-3-9(7-12)8-15/h4,6,9H,2-3,5,7-8H2,1H3. The predicted octanol–water partition coefficient (Wildman–Crippen LogP) is 1.67.